The zero-order valence-corrected chi connectivity index (χ0v) is 14.9. The number of rotatable bonds is 2. The summed E-state index contributed by atoms with van der Waals surface area (Å²) in [6, 6.07) is 6.25. The van der Waals surface area contributed by atoms with Gasteiger partial charge in [-0.1, -0.05) is 28.1 Å². The number of carbonyl (C=O) groups excluding carboxylic acids is 1. The van der Waals surface area contributed by atoms with Crippen LogP contribution in [-0.2, 0) is 22.5 Å². The van der Waals surface area contributed by atoms with Gasteiger partial charge in [-0.05, 0) is 36.5 Å². The van der Waals surface area contributed by atoms with Crippen LogP contribution in [0, 0.1) is 5.41 Å². The fraction of sp³-hybridized carbons (Fsp3) is 0.562. The van der Waals surface area contributed by atoms with Crippen molar-refractivity contribution in [2.75, 3.05) is 26.3 Å². The molecule has 3 rings (SSSR count). The van der Waals surface area contributed by atoms with Crippen LogP contribution in [0.25, 0.3) is 0 Å². The van der Waals surface area contributed by atoms with Gasteiger partial charge in [0.25, 0.3) is 0 Å². The molecule has 0 aliphatic carbocycles. The van der Waals surface area contributed by atoms with E-state index in [1.807, 2.05) is 11.0 Å². The van der Waals surface area contributed by atoms with Crippen molar-refractivity contribution in [2.45, 2.75) is 25.8 Å². The largest absolute Gasteiger partial charge is 0.381 e. The summed E-state index contributed by atoms with van der Waals surface area (Å²) in [5.41, 5.74) is 8.11. The fourth-order valence-electron chi connectivity index (χ4n) is 3.32. The summed E-state index contributed by atoms with van der Waals surface area (Å²) >= 11 is 3.60. The maximum atomic E-state index is 13.0. The molecule has 2 N–H and O–H groups in total. The van der Waals surface area contributed by atoms with Crippen LogP contribution in [0.2, 0.25) is 0 Å². The van der Waals surface area contributed by atoms with Crippen LogP contribution in [0.4, 0.5) is 0 Å². The Balaban J connectivity index is 0.00000176. The van der Waals surface area contributed by atoms with E-state index in [0.717, 1.165) is 30.3 Å². The molecule has 0 aromatic heterocycles. The molecule has 0 atom stereocenters. The van der Waals surface area contributed by atoms with Gasteiger partial charge in [-0.2, -0.15) is 0 Å². The lowest BCUT2D eigenvalue weighted by molar-refractivity contribution is -0.148. The summed E-state index contributed by atoms with van der Waals surface area (Å²) in [7, 11) is 0. The summed E-state index contributed by atoms with van der Waals surface area (Å²) in [4.78, 5) is 15.0. The van der Waals surface area contributed by atoms with Crippen molar-refractivity contribution in [1.29, 1.82) is 0 Å². The highest BCUT2D eigenvalue weighted by Crippen LogP contribution is 2.34. The van der Waals surface area contributed by atoms with Crippen molar-refractivity contribution < 1.29 is 9.53 Å². The molecule has 1 fully saturated rings. The van der Waals surface area contributed by atoms with E-state index >= 15 is 0 Å². The Morgan fingerprint density at radius 3 is 2.77 bits per heavy atom. The number of nitrogens with two attached hydrogens (primary N) is 1. The van der Waals surface area contributed by atoms with Gasteiger partial charge in [-0.3, -0.25) is 4.79 Å². The molecule has 1 aromatic rings. The second kappa shape index (κ2) is 7.30. The van der Waals surface area contributed by atoms with E-state index in [9.17, 15) is 4.79 Å². The molecule has 22 heavy (non-hydrogen) atoms. The van der Waals surface area contributed by atoms with Crippen molar-refractivity contribution in [3.63, 3.8) is 0 Å². The number of amides is 1. The smallest absolute Gasteiger partial charge is 0.230 e. The average molecular weight is 390 g/mol. The number of hydrogen-bond donors (Lipinski definition) is 1. The Bertz CT molecular complexity index is 547. The quantitative estimate of drug-likeness (QED) is 0.845. The molecule has 0 bridgehead atoms. The van der Waals surface area contributed by atoms with Gasteiger partial charge in [0.15, 0.2) is 0 Å². The first-order valence-corrected chi connectivity index (χ1v) is 8.29. The van der Waals surface area contributed by atoms with Crippen LogP contribution < -0.4 is 5.73 Å². The minimum atomic E-state index is -0.420. The molecule has 0 radical (unpaired) electrons. The highest BCUT2D eigenvalue weighted by atomic mass is 79.9. The lowest BCUT2D eigenvalue weighted by atomic mass is 9.78. The first kappa shape index (κ1) is 17.7. The van der Waals surface area contributed by atoms with E-state index < -0.39 is 5.41 Å². The SMILES string of the molecule is Cl.NCC1(C(=O)N2CCc3cccc(Br)c3C2)CCOCC1. The van der Waals surface area contributed by atoms with Crippen LogP contribution in [0.3, 0.4) is 0 Å². The number of fused-ring (bicyclic) bond motifs is 1. The Hall–Kier alpha value is -0.620. The Morgan fingerprint density at radius 1 is 1.36 bits per heavy atom. The Labute approximate surface area is 145 Å². The first-order valence-electron chi connectivity index (χ1n) is 7.50. The molecule has 0 saturated carbocycles. The van der Waals surface area contributed by atoms with Crippen LogP contribution >= 0.6 is 28.3 Å². The number of nitrogens with zero attached hydrogens (tertiary/aromatic N) is 1. The van der Waals surface area contributed by atoms with Crippen molar-refractivity contribution in [2.24, 2.45) is 11.1 Å². The number of hydrogen-bond acceptors (Lipinski definition) is 3. The maximum Gasteiger partial charge on any atom is 0.230 e. The van der Waals surface area contributed by atoms with E-state index in [2.05, 4.69) is 28.1 Å². The predicted octanol–water partition coefficient (Wildman–Crippen LogP) is 2.51. The molecule has 2 aliphatic heterocycles. The van der Waals surface area contributed by atoms with Crippen molar-refractivity contribution in [3.05, 3.63) is 33.8 Å². The second-order valence-corrected chi connectivity index (χ2v) is 6.81. The van der Waals surface area contributed by atoms with E-state index in [1.165, 1.54) is 11.1 Å². The highest BCUT2D eigenvalue weighted by molar-refractivity contribution is 9.10. The molecule has 1 amide bonds. The molecular weight excluding hydrogens is 368 g/mol. The lowest BCUT2D eigenvalue weighted by Gasteiger charge is -2.40. The molecular formula is C16H22BrClN2O2. The first-order chi connectivity index (χ1) is 10.2. The van der Waals surface area contributed by atoms with Gasteiger partial charge in [0, 0.05) is 37.3 Å². The highest BCUT2D eigenvalue weighted by Gasteiger charge is 2.42. The fourth-order valence-corrected chi connectivity index (χ4v) is 3.85. The minimum absolute atomic E-state index is 0. The lowest BCUT2D eigenvalue weighted by Crippen LogP contribution is -2.52. The van der Waals surface area contributed by atoms with Crippen LogP contribution in [0.1, 0.15) is 24.0 Å². The van der Waals surface area contributed by atoms with Crippen LogP contribution in [0.5, 0.6) is 0 Å². The number of ether oxygens (including phenoxy) is 1. The summed E-state index contributed by atoms with van der Waals surface area (Å²) in [5.74, 6) is 0.203. The summed E-state index contributed by atoms with van der Waals surface area (Å²) < 4.78 is 6.49. The molecule has 1 aromatic carbocycles. The molecule has 6 heteroatoms. The summed E-state index contributed by atoms with van der Waals surface area (Å²) in [6.07, 6.45) is 2.39. The zero-order chi connectivity index (χ0) is 14.9. The molecule has 122 valence electrons. The van der Waals surface area contributed by atoms with Gasteiger partial charge >= 0.3 is 0 Å². The Morgan fingerprint density at radius 2 is 2.09 bits per heavy atom. The molecule has 2 aliphatic rings. The molecule has 0 spiro atoms. The summed E-state index contributed by atoms with van der Waals surface area (Å²) in [6.45, 7) is 3.14. The maximum absolute atomic E-state index is 13.0. The third-order valence-corrected chi connectivity index (χ3v) is 5.54. The van der Waals surface area contributed by atoms with Crippen molar-refractivity contribution >= 4 is 34.2 Å². The van der Waals surface area contributed by atoms with Gasteiger partial charge < -0.3 is 15.4 Å². The third kappa shape index (κ3) is 3.18. The normalized spacial score (nSPS) is 20.0. The van der Waals surface area contributed by atoms with Gasteiger partial charge in [0.05, 0.1) is 5.41 Å². The van der Waals surface area contributed by atoms with E-state index in [0.29, 0.717) is 26.3 Å². The van der Waals surface area contributed by atoms with Gasteiger partial charge in [0.1, 0.15) is 0 Å². The number of carbonyl (C=O) groups is 1. The van der Waals surface area contributed by atoms with E-state index in [-0.39, 0.29) is 18.3 Å². The minimum Gasteiger partial charge on any atom is -0.381 e. The second-order valence-electron chi connectivity index (χ2n) is 5.95. The monoisotopic (exact) mass is 388 g/mol. The van der Waals surface area contributed by atoms with E-state index in [4.69, 9.17) is 10.5 Å². The topological polar surface area (TPSA) is 55.6 Å². The molecule has 2 heterocycles. The van der Waals surface area contributed by atoms with E-state index in [1.54, 1.807) is 0 Å². The molecule has 4 nitrogen and oxygen atoms in total. The number of halogens is 2. The molecule has 1 saturated heterocycles. The van der Waals surface area contributed by atoms with Crippen molar-refractivity contribution in [3.8, 4) is 0 Å². The van der Waals surface area contributed by atoms with Gasteiger partial charge in [-0.15, -0.1) is 12.4 Å². The number of benzene rings is 1. The van der Waals surface area contributed by atoms with Crippen LogP contribution in [-0.4, -0.2) is 37.1 Å². The summed E-state index contributed by atoms with van der Waals surface area (Å²) in [5, 5.41) is 0. The molecule has 0 unspecified atom stereocenters. The Kier molecular flexibility index (Phi) is 5.88. The van der Waals surface area contributed by atoms with Gasteiger partial charge in [-0.25, -0.2) is 0 Å². The predicted molar refractivity (Wildman–Crippen MR) is 92.1 cm³/mol. The third-order valence-electron chi connectivity index (χ3n) is 4.80. The average Bonchev–Trinajstić information content (AvgIpc) is 2.55. The zero-order valence-electron chi connectivity index (χ0n) is 12.5. The van der Waals surface area contributed by atoms with Crippen LogP contribution in [0.15, 0.2) is 22.7 Å². The van der Waals surface area contributed by atoms with Crippen molar-refractivity contribution in [1.82, 2.24) is 4.90 Å². The van der Waals surface area contributed by atoms with Gasteiger partial charge in [0.2, 0.25) is 5.91 Å². The standard InChI is InChI=1S/C16H21BrN2O2.ClH/c17-14-3-1-2-12-4-7-19(10-13(12)14)15(20)16(11-18)5-8-21-9-6-16;/h1-3H,4-11,18H2;1H.